The van der Waals surface area contributed by atoms with Crippen molar-refractivity contribution in [2.45, 2.75) is 38.8 Å². The summed E-state index contributed by atoms with van der Waals surface area (Å²) in [5.41, 5.74) is 3.60. The van der Waals surface area contributed by atoms with Crippen LogP contribution in [0.3, 0.4) is 0 Å². The Balaban J connectivity index is 1.23. The van der Waals surface area contributed by atoms with Gasteiger partial charge in [0.05, 0.1) is 24.2 Å². The van der Waals surface area contributed by atoms with Crippen molar-refractivity contribution in [3.63, 3.8) is 0 Å². The van der Waals surface area contributed by atoms with E-state index in [-0.39, 0.29) is 0 Å². The molecule has 1 fully saturated rings. The Bertz CT molecular complexity index is 847. The van der Waals surface area contributed by atoms with Crippen molar-refractivity contribution in [1.82, 2.24) is 15.2 Å². The molecule has 0 radical (unpaired) electrons. The number of benzene rings is 1. The second-order valence-electron chi connectivity index (χ2n) is 7.98. The van der Waals surface area contributed by atoms with Gasteiger partial charge in [-0.3, -0.25) is 4.98 Å². The molecule has 2 aromatic rings. The number of likely N-dealkylation sites (tertiary alicyclic amines) is 1. The van der Waals surface area contributed by atoms with E-state index >= 15 is 0 Å². The van der Waals surface area contributed by atoms with Gasteiger partial charge in [0.2, 0.25) is 0 Å². The maximum atomic E-state index is 5.97. The number of aromatic nitrogens is 1. The highest BCUT2D eigenvalue weighted by Crippen LogP contribution is 2.28. The van der Waals surface area contributed by atoms with E-state index in [0.717, 1.165) is 55.6 Å². The van der Waals surface area contributed by atoms with Gasteiger partial charge in [0.1, 0.15) is 5.75 Å². The van der Waals surface area contributed by atoms with E-state index in [4.69, 9.17) is 16.3 Å². The molecule has 6 heteroatoms. The molecule has 5 nitrogen and oxygen atoms in total. The van der Waals surface area contributed by atoms with Crippen LogP contribution in [0, 0.1) is 0 Å². The third kappa shape index (κ3) is 5.54. The summed E-state index contributed by atoms with van der Waals surface area (Å²) in [6.45, 7) is 7.89. The van der Waals surface area contributed by atoms with Gasteiger partial charge in [-0.15, -0.1) is 0 Å². The van der Waals surface area contributed by atoms with Crippen molar-refractivity contribution in [1.29, 1.82) is 0 Å². The fraction of sp³-hybridized carbons (Fsp3) is 0.458. The number of rotatable bonds is 8. The highest BCUT2D eigenvalue weighted by Gasteiger charge is 2.20. The normalized spacial score (nSPS) is 17.2. The van der Waals surface area contributed by atoms with Gasteiger partial charge in [-0.25, -0.2) is 0 Å². The number of piperidine rings is 1. The molecule has 0 spiro atoms. The summed E-state index contributed by atoms with van der Waals surface area (Å²) in [6, 6.07) is 10.8. The minimum atomic E-state index is 0.588. The molecule has 4 rings (SSSR count). The Morgan fingerprint density at radius 1 is 1.17 bits per heavy atom. The molecule has 160 valence electrons. The second kappa shape index (κ2) is 10.3. The van der Waals surface area contributed by atoms with Gasteiger partial charge in [-0.2, -0.15) is 0 Å². The summed E-state index contributed by atoms with van der Waals surface area (Å²) in [6.07, 6.45) is 9.50. The summed E-state index contributed by atoms with van der Waals surface area (Å²) in [5, 5.41) is 4.50. The molecule has 0 aliphatic carbocycles. The Kier molecular flexibility index (Phi) is 7.26. The van der Waals surface area contributed by atoms with E-state index in [9.17, 15) is 0 Å². The Morgan fingerprint density at radius 2 is 1.97 bits per heavy atom. The van der Waals surface area contributed by atoms with E-state index in [2.05, 4.69) is 50.6 Å². The monoisotopic (exact) mass is 426 g/mol. The lowest BCUT2D eigenvalue weighted by atomic mass is 10.0. The van der Waals surface area contributed by atoms with Crippen LogP contribution in [0.1, 0.15) is 31.0 Å². The van der Waals surface area contributed by atoms with Crippen molar-refractivity contribution in [3.05, 3.63) is 65.1 Å². The number of anilines is 1. The van der Waals surface area contributed by atoms with Gasteiger partial charge < -0.3 is 19.9 Å². The third-order valence-corrected chi connectivity index (χ3v) is 6.14. The smallest absolute Gasteiger partial charge is 0.139 e. The zero-order valence-corrected chi connectivity index (χ0v) is 18.4. The number of fused-ring (bicyclic) bond motifs is 1. The van der Waals surface area contributed by atoms with Crippen molar-refractivity contribution >= 4 is 17.3 Å². The summed E-state index contributed by atoms with van der Waals surface area (Å²) in [7, 11) is 0. The van der Waals surface area contributed by atoms with Crippen LogP contribution in [-0.4, -0.2) is 48.7 Å². The van der Waals surface area contributed by atoms with Gasteiger partial charge in [0.15, 0.2) is 0 Å². The molecule has 1 aromatic heterocycles. The SMILES string of the molecule is CCOc1cnc2c(c1)N(CCN1CCC(NCc3ccc(Cl)cc3)CC1)C=CC2. The largest absolute Gasteiger partial charge is 0.492 e. The van der Waals surface area contributed by atoms with Crippen LogP contribution < -0.4 is 15.0 Å². The van der Waals surface area contributed by atoms with Crippen LogP contribution >= 0.6 is 11.6 Å². The van der Waals surface area contributed by atoms with Gasteiger partial charge >= 0.3 is 0 Å². The zero-order chi connectivity index (χ0) is 20.8. The van der Waals surface area contributed by atoms with Crippen LogP contribution in [0.5, 0.6) is 5.75 Å². The predicted octanol–water partition coefficient (Wildman–Crippen LogP) is 4.26. The molecule has 0 saturated carbocycles. The number of nitrogens with zero attached hydrogens (tertiary/aromatic N) is 3. The van der Waals surface area contributed by atoms with Crippen molar-refractivity contribution in [2.75, 3.05) is 37.7 Å². The number of pyridine rings is 1. The molecule has 1 aromatic carbocycles. The third-order valence-electron chi connectivity index (χ3n) is 5.89. The Hall–Kier alpha value is -2.08. The van der Waals surface area contributed by atoms with E-state index in [1.807, 2.05) is 25.3 Å². The van der Waals surface area contributed by atoms with Gasteiger partial charge in [-0.1, -0.05) is 29.8 Å². The molecule has 2 aliphatic heterocycles. The molecule has 0 atom stereocenters. The molecule has 1 saturated heterocycles. The fourth-order valence-electron chi connectivity index (χ4n) is 4.16. The average molecular weight is 427 g/mol. The van der Waals surface area contributed by atoms with Gasteiger partial charge in [-0.05, 0) is 50.6 Å². The lowest BCUT2D eigenvalue weighted by Gasteiger charge is -2.34. The fourth-order valence-corrected chi connectivity index (χ4v) is 4.28. The first-order valence-corrected chi connectivity index (χ1v) is 11.3. The molecule has 2 aliphatic rings. The lowest BCUT2D eigenvalue weighted by Crippen LogP contribution is -2.44. The molecule has 0 unspecified atom stereocenters. The lowest BCUT2D eigenvalue weighted by molar-refractivity contribution is 0.201. The molecule has 30 heavy (non-hydrogen) atoms. The predicted molar refractivity (Wildman–Crippen MR) is 123 cm³/mol. The topological polar surface area (TPSA) is 40.6 Å². The average Bonchev–Trinajstić information content (AvgIpc) is 2.78. The second-order valence-corrected chi connectivity index (χ2v) is 8.41. The molecular formula is C24H31ClN4O. The quantitative estimate of drug-likeness (QED) is 0.682. The summed E-state index contributed by atoms with van der Waals surface area (Å²) >= 11 is 5.97. The highest BCUT2D eigenvalue weighted by molar-refractivity contribution is 6.30. The number of hydrogen-bond acceptors (Lipinski definition) is 5. The molecular weight excluding hydrogens is 396 g/mol. The van der Waals surface area contributed by atoms with E-state index in [1.165, 1.54) is 24.1 Å². The van der Waals surface area contributed by atoms with Crippen molar-refractivity contribution in [2.24, 2.45) is 0 Å². The van der Waals surface area contributed by atoms with E-state index < -0.39 is 0 Å². The number of allylic oxidation sites excluding steroid dienone is 1. The number of halogens is 1. The van der Waals surface area contributed by atoms with Crippen LogP contribution in [0.2, 0.25) is 5.02 Å². The van der Waals surface area contributed by atoms with E-state index in [1.54, 1.807) is 0 Å². The number of ether oxygens (including phenoxy) is 1. The zero-order valence-electron chi connectivity index (χ0n) is 17.7. The number of nitrogens with one attached hydrogen (secondary N) is 1. The van der Waals surface area contributed by atoms with Gasteiger partial charge in [0, 0.05) is 49.4 Å². The Labute approximate surface area is 184 Å². The Morgan fingerprint density at radius 3 is 2.73 bits per heavy atom. The highest BCUT2D eigenvalue weighted by atomic mass is 35.5. The molecule has 0 bridgehead atoms. The minimum Gasteiger partial charge on any atom is -0.492 e. The first-order valence-electron chi connectivity index (χ1n) is 11.0. The van der Waals surface area contributed by atoms with E-state index in [0.29, 0.717) is 12.6 Å². The van der Waals surface area contributed by atoms with Crippen LogP contribution in [0.15, 0.2) is 48.8 Å². The molecule has 0 amide bonds. The molecule has 1 N–H and O–H groups in total. The van der Waals surface area contributed by atoms with Crippen LogP contribution in [-0.2, 0) is 13.0 Å². The first kappa shape index (κ1) is 21.2. The minimum absolute atomic E-state index is 0.588. The maximum Gasteiger partial charge on any atom is 0.139 e. The summed E-state index contributed by atoms with van der Waals surface area (Å²) in [5.74, 6) is 0.851. The summed E-state index contributed by atoms with van der Waals surface area (Å²) < 4.78 is 5.65. The van der Waals surface area contributed by atoms with Crippen LogP contribution in [0.4, 0.5) is 5.69 Å². The van der Waals surface area contributed by atoms with Crippen molar-refractivity contribution in [3.8, 4) is 5.75 Å². The molecule has 3 heterocycles. The van der Waals surface area contributed by atoms with Crippen molar-refractivity contribution < 1.29 is 4.74 Å². The maximum absolute atomic E-state index is 5.97. The van der Waals surface area contributed by atoms with Crippen LogP contribution in [0.25, 0.3) is 0 Å². The first-order chi connectivity index (χ1) is 14.7. The number of hydrogen-bond donors (Lipinski definition) is 1. The van der Waals surface area contributed by atoms with Gasteiger partial charge in [0.25, 0.3) is 0 Å². The summed E-state index contributed by atoms with van der Waals surface area (Å²) in [4.78, 5) is 9.49. The standard InChI is InChI=1S/C24H31ClN4O/c1-2-30-22-16-24-23(27-18-22)4-3-11-29(24)15-14-28-12-9-21(10-13-28)26-17-19-5-7-20(25)8-6-19/h3,5-8,11,16,18,21,26H,2,4,9-10,12-15,17H2,1H3.